The summed E-state index contributed by atoms with van der Waals surface area (Å²) in [6.45, 7) is 3.90. The second kappa shape index (κ2) is 5.71. The lowest BCUT2D eigenvalue weighted by Gasteiger charge is -2.33. The van der Waals surface area contributed by atoms with E-state index >= 15 is 0 Å². The maximum absolute atomic E-state index is 12.4. The Kier molecular flexibility index (Phi) is 4.18. The van der Waals surface area contributed by atoms with E-state index in [0.717, 1.165) is 11.3 Å². The SMILES string of the molecule is CC1=NC(=S)NC(c2ccc(C)cc2)C1C(=O)N(C)C. The number of amides is 1. The van der Waals surface area contributed by atoms with Gasteiger partial charge in [-0.3, -0.25) is 4.79 Å². The van der Waals surface area contributed by atoms with Crippen molar-refractivity contribution in [3.05, 3.63) is 35.4 Å². The summed E-state index contributed by atoms with van der Waals surface area (Å²) in [6, 6.07) is 7.99. The van der Waals surface area contributed by atoms with Crippen molar-refractivity contribution in [1.82, 2.24) is 10.2 Å². The fourth-order valence-electron chi connectivity index (χ4n) is 2.37. The highest BCUT2D eigenvalue weighted by Gasteiger charge is 2.36. The van der Waals surface area contributed by atoms with Crippen molar-refractivity contribution in [2.75, 3.05) is 14.1 Å². The van der Waals surface area contributed by atoms with E-state index in [9.17, 15) is 4.79 Å². The molecule has 2 unspecified atom stereocenters. The van der Waals surface area contributed by atoms with Crippen LogP contribution in [0.2, 0.25) is 0 Å². The third-order valence-corrected chi connectivity index (χ3v) is 3.69. The number of aliphatic imine (C=N–C) groups is 1. The van der Waals surface area contributed by atoms with E-state index in [1.165, 1.54) is 5.56 Å². The first-order valence-corrected chi connectivity index (χ1v) is 6.94. The number of carbonyl (C=O) groups is 1. The number of benzene rings is 1. The molecule has 0 bridgehead atoms. The Bertz CT molecular complexity index is 563. The van der Waals surface area contributed by atoms with Gasteiger partial charge >= 0.3 is 0 Å². The van der Waals surface area contributed by atoms with E-state index in [1.807, 2.05) is 38.1 Å². The Morgan fingerprint density at radius 3 is 2.40 bits per heavy atom. The normalized spacial score (nSPS) is 22.0. The number of nitrogens with zero attached hydrogens (tertiary/aromatic N) is 2. The lowest BCUT2D eigenvalue weighted by molar-refractivity contribution is -0.131. The fourth-order valence-corrected chi connectivity index (χ4v) is 2.64. The van der Waals surface area contributed by atoms with Crippen molar-refractivity contribution in [1.29, 1.82) is 0 Å². The predicted octanol–water partition coefficient (Wildman–Crippen LogP) is 2.09. The summed E-state index contributed by atoms with van der Waals surface area (Å²) < 4.78 is 0. The topological polar surface area (TPSA) is 44.7 Å². The zero-order valence-electron chi connectivity index (χ0n) is 12.2. The number of hydrogen-bond acceptors (Lipinski definition) is 2. The predicted molar refractivity (Wildman–Crippen MR) is 84.9 cm³/mol. The molecule has 1 aromatic carbocycles. The molecule has 1 aliphatic heterocycles. The molecule has 106 valence electrons. The maximum atomic E-state index is 12.4. The van der Waals surface area contributed by atoms with E-state index in [4.69, 9.17) is 12.2 Å². The Morgan fingerprint density at radius 1 is 1.25 bits per heavy atom. The van der Waals surface area contributed by atoms with E-state index in [0.29, 0.717) is 5.11 Å². The largest absolute Gasteiger partial charge is 0.353 e. The number of hydrogen-bond donors (Lipinski definition) is 1. The standard InChI is InChI=1S/C15H19N3OS/c1-9-5-7-11(8-6-9)13-12(14(19)18(3)4)10(2)16-15(20)17-13/h5-8,12-13H,1-4H3,(H,17,20). The van der Waals surface area contributed by atoms with Crippen LogP contribution >= 0.6 is 12.2 Å². The van der Waals surface area contributed by atoms with Gasteiger partial charge in [0.15, 0.2) is 5.11 Å². The molecule has 1 amide bonds. The van der Waals surface area contributed by atoms with Crippen LogP contribution in [0, 0.1) is 12.8 Å². The highest BCUT2D eigenvalue weighted by molar-refractivity contribution is 7.80. The third-order valence-electron chi connectivity index (χ3n) is 3.48. The minimum atomic E-state index is -0.320. The Hall–Kier alpha value is -1.75. The van der Waals surface area contributed by atoms with E-state index in [-0.39, 0.29) is 17.9 Å². The van der Waals surface area contributed by atoms with E-state index in [2.05, 4.69) is 10.3 Å². The van der Waals surface area contributed by atoms with E-state index < -0.39 is 0 Å². The minimum Gasteiger partial charge on any atom is -0.353 e. The number of carbonyl (C=O) groups excluding carboxylic acids is 1. The summed E-state index contributed by atoms with van der Waals surface area (Å²) in [4.78, 5) is 18.3. The Morgan fingerprint density at radius 2 is 1.85 bits per heavy atom. The van der Waals surface area contributed by atoms with Crippen molar-refractivity contribution in [3.63, 3.8) is 0 Å². The van der Waals surface area contributed by atoms with Crippen LogP contribution in [0.25, 0.3) is 0 Å². The summed E-state index contributed by atoms with van der Waals surface area (Å²) >= 11 is 5.17. The lowest BCUT2D eigenvalue weighted by Crippen LogP contribution is -2.47. The highest BCUT2D eigenvalue weighted by atomic mass is 32.1. The zero-order valence-corrected chi connectivity index (χ0v) is 13.0. The minimum absolute atomic E-state index is 0.0341. The van der Waals surface area contributed by atoms with Crippen molar-refractivity contribution in [2.45, 2.75) is 19.9 Å². The molecular formula is C15H19N3OS. The first-order chi connectivity index (χ1) is 9.40. The van der Waals surface area contributed by atoms with Gasteiger partial charge in [-0.2, -0.15) is 0 Å². The number of rotatable bonds is 2. The molecule has 4 nitrogen and oxygen atoms in total. The molecule has 20 heavy (non-hydrogen) atoms. The summed E-state index contributed by atoms with van der Waals surface area (Å²) in [5.41, 5.74) is 3.00. The van der Waals surface area contributed by atoms with Crippen molar-refractivity contribution in [2.24, 2.45) is 10.9 Å². The van der Waals surface area contributed by atoms with Gasteiger partial charge in [0.05, 0.1) is 6.04 Å². The second-order valence-electron chi connectivity index (χ2n) is 5.30. The van der Waals surface area contributed by atoms with Gasteiger partial charge in [0.25, 0.3) is 0 Å². The van der Waals surface area contributed by atoms with Crippen LogP contribution in [0.5, 0.6) is 0 Å². The molecule has 2 atom stereocenters. The van der Waals surface area contributed by atoms with Crippen LogP contribution in [0.15, 0.2) is 29.3 Å². The fraction of sp³-hybridized carbons (Fsp3) is 0.400. The molecule has 1 N–H and O–H groups in total. The van der Waals surface area contributed by atoms with Crippen molar-refractivity contribution < 1.29 is 4.79 Å². The molecule has 0 spiro atoms. The molecule has 1 aliphatic rings. The first-order valence-electron chi connectivity index (χ1n) is 6.53. The van der Waals surface area contributed by atoms with Gasteiger partial charge in [-0.1, -0.05) is 29.8 Å². The lowest BCUT2D eigenvalue weighted by atomic mass is 9.87. The smallest absolute Gasteiger partial charge is 0.233 e. The molecule has 2 rings (SSSR count). The van der Waals surface area contributed by atoms with Crippen LogP contribution in [-0.2, 0) is 4.79 Å². The molecule has 0 aliphatic carbocycles. The molecule has 0 fully saturated rings. The molecule has 1 heterocycles. The number of thiocarbonyl (C=S) groups is 1. The molecule has 0 radical (unpaired) electrons. The molecular weight excluding hydrogens is 270 g/mol. The molecule has 0 saturated heterocycles. The molecule has 5 heteroatoms. The van der Waals surface area contributed by atoms with Crippen LogP contribution < -0.4 is 5.32 Å². The van der Waals surface area contributed by atoms with Crippen molar-refractivity contribution in [3.8, 4) is 0 Å². The van der Waals surface area contributed by atoms with Crippen molar-refractivity contribution >= 4 is 28.9 Å². The zero-order chi connectivity index (χ0) is 14.9. The average molecular weight is 289 g/mol. The quantitative estimate of drug-likeness (QED) is 0.848. The van der Waals surface area contributed by atoms with Gasteiger partial charge in [-0.15, -0.1) is 0 Å². The Labute approximate surface area is 124 Å². The molecule has 0 aromatic heterocycles. The first kappa shape index (κ1) is 14.7. The average Bonchev–Trinajstić information content (AvgIpc) is 2.38. The van der Waals surface area contributed by atoms with E-state index in [1.54, 1.807) is 19.0 Å². The highest BCUT2D eigenvalue weighted by Crippen LogP contribution is 2.28. The van der Waals surface area contributed by atoms with Crippen LogP contribution in [-0.4, -0.2) is 35.7 Å². The summed E-state index contributed by atoms with van der Waals surface area (Å²) in [6.07, 6.45) is 0. The number of nitrogens with one attached hydrogen (secondary N) is 1. The molecule has 1 aromatic rings. The van der Waals surface area contributed by atoms with Crippen LogP contribution in [0.3, 0.4) is 0 Å². The number of aryl methyl sites for hydroxylation is 1. The monoisotopic (exact) mass is 289 g/mol. The third kappa shape index (κ3) is 2.88. The van der Waals surface area contributed by atoms with Gasteiger partial charge in [0.1, 0.15) is 5.92 Å². The van der Waals surface area contributed by atoms with Gasteiger partial charge in [-0.25, -0.2) is 4.99 Å². The van der Waals surface area contributed by atoms with Crippen LogP contribution in [0.1, 0.15) is 24.1 Å². The summed E-state index contributed by atoms with van der Waals surface area (Å²) in [5.74, 6) is -0.286. The van der Waals surface area contributed by atoms with Gasteiger partial charge in [-0.05, 0) is 31.6 Å². The summed E-state index contributed by atoms with van der Waals surface area (Å²) in [7, 11) is 3.52. The van der Waals surface area contributed by atoms with Gasteiger partial charge < -0.3 is 10.2 Å². The van der Waals surface area contributed by atoms with Crippen LogP contribution in [0.4, 0.5) is 0 Å². The summed E-state index contributed by atoms with van der Waals surface area (Å²) in [5, 5.41) is 3.61. The second-order valence-corrected chi connectivity index (χ2v) is 5.69. The Balaban J connectivity index is 2.42. The maximum Gasteiger partial charge on any atom is 0.233 e. The van der Waals surface area contributed by atoms with Gasteiger partial charge in [0, 0.05) is 19.8 Å². The molecule has 0 saturated carbocycles. The van der Waals surface area contributed by atoms with Gasteiger partial charge in [0.2, 0.25) is 5.91 Å².